The predicted octanol–water partition coefficient (Wildman–Crippen LogP) is 0.284. The SMILES string of the molecule is O=C1N[C@H]2[C@H](CS[C@H]2CCCCC(=O)OCc2ccc(C3O[13CH2][13C@H]4O[13C@@H](CN5C(=O)[13CH]=[13CH]C5=O)[13C@H](O)[13C@@H](O)[13CH]4O3)cc2)N1. The number of carbonyl (C=O) groups is 4. The van der Waals surface area contributed by atoms with Gasteiger partial charge >= 0.3 is 12.0 Å². The summed E-state index contributed by atoms with van der Waals surface area (Å²) in [5, 5.41) is 27.7. The number of rotatable bonds is 10. The van der Waals surface area contributed by atoms with Crippen LogP contribution in [0, 0.1) is 0 Å². The molecule has 2 unspecified atom stereocenters. The summed E-state index contributed by atoms with van der Waals surface area (Å²) in [5.74, 6) is -0.349. The van der Waals surface area contributed by atoms with Gasteiger partial charge in [-0.25, -0.2) is 4.79 Å². The first-order chi connectivity index (χ1) is 20.8. The number of urea groups is 1. The third-order valence-corrected chi connectivity index (χ3v) is 9.96. The van der Waals surface area contributed by atoms with Gasteiger partial charge in [-0.05, 0) is 18.4 Å². The van der Waals surface area contributed by atoms with Gasteiger partial charge in [0, 0.05) is 35.1 Å². The molecule has 4 fully saturated rings. The van der Waals surface area contributed by atoms with Crippen LogP contribution < -0.4 is 10.6 Å². The predicted molar refractivity (Wildman–Crippen MR) is 150 cm³/mol. The zero-order chi connectivity index (χ0) is 30.1. The van der Waals surface area contributed by atoms with E-state index in [0.717, 1.165) is 47.6 Å². The van der Waals surface area contributed by atoms with Crippen molar-refractivity contribution in [1.82, 2.24) is 15.5 Å². The second-order valence-corrected chi connectivity index (χ2v) is 12.6. The molecule has 5 aliphatic rings. The molecule has 5 aliphatic heterocycles. The van der Waals surface area contributed by atoms with Gasteiger partial charge in [0.1, 0.15) is 37.1 Å². The molecule has 5 heterocycles. The maximum atomic E-state index is 12.3. The number of aliphatic hydroxyl groups is 2. The van der Waals surface area contributed by atoms with Crippen molar-refractivity contribution in [3.05, 3.63) is 47.5 Å². The lowest BCUT2D eigenvalue weighted by Crippen LogP contribution is -2.63. The molecule has 6 rings (SSSR count). The maximum absolute atomic E-state index is 12.3. The Kier molecular flexibility index (Phi) is 9.03. The smallest absolute Gasteiger partial charge is 0.315 e. The van der Waals surface area contributed by atoms with Crippen LogP contribution in [0.4, 0.5) is 4.79 Å². The van der Waals surface area contributed by atoms with E-state index in [9.17, 15) is 29.4 Å². The van der Waals surface area contributed by atoms with Crippen molar-refractivity contribution in [2.45, 2.75) is 86.4 Å². The quantitative estimate of drug-likeness (QED) is 0.0925. The van der Waals surface area contributed by atoms with Gasteiger partial charge in [0.2, 0.25) is 0 Å². The van der Waals surface area contributed by atoms with Gasteiger partial charge in [-0.3, -0.25) is 19.3 Å². The van der Waals surface area contributed by atoms with Crippen LogP contribution in [-0.4, -0.2) is 106 Å². The molecule has 0 radical (unpaired) electrons. The van der Waals surface area contributed by atoms with E-state index >= 15 is 0 Å². The van der Waals surface area contributed by atoms with Gasteiger partial charge < -0.3 is 39.8 Å². The molecule has 0 aliphatic carbocycles. The van der Waals surface area contributed by atoms with Gasteiger partial charge in [0.25, 0.3) is 11.8 Å². The van der Waals surface area contributed by atoms with Crippen molar-refractivity contribution in [2.24, 2.45) is 0 Å². The van der Waals surface area contributed by atoms with Crippen molar-refractivity contribution in [3.8, 4) is 0 Å². The fraction of sp³-hybridized carbons (Fsp3) is 0.586. The van der Waals surface area contributed by atoms with Crippen LogP contribution in [0.5, 0.6) is 0 Å². The van der Waals surface area contributed by atoms with Gasteiger partial charge in [-0.2, -0.15) is 11.8 Å². The van der Waals surface area contributed by atoms with Crippen LogP contribution in [0.25, 0.3) is 0 Å². The molecular formula is C29H35N3O10S. The summed E-state index contributed by atoms with van der Waals surface area (Å²) in [4.78, 5) is 48.5. The Morgan fingerprint density at radius 3 is 2.56 bits per heavy atom. The van der Waals surface area contributed by atoms with Gasteiger partial charge in [-0.1, -0.05) is 30.7 Å². The number of thioether (sulfide) groups is 1. The number of hydrogen-bond acceptors (Lipinski definition) is 11. The molecule has 0 aromatic heterocycles. The molecule has 43 heavy (non-hydrogen) atoms. The molecule has 4 N–H and O–H groups in total. The number of aliphatic hydroxyl groups excluding tert-OH is 2. The third-order valence-electron chi connectivity index (χ3n) is 8.45. The molecular weight excluding hydrogens is 590 g/mol. The van der Waals surface area contributed by atoms with Gasteiger partial charge in [0.05, 0.1) is 25.2 Å². The summed E-state index contributed by atoms with van der Waals surface area (Å²) >= 11 is 1.86. The first-order valence-corrected chi connectivity index (χ1v) is 15.6. The van der Waals surface area contributed by atoms with Crippen molar-refractivity contribution in [2.75, 3.05) is 18.9 Å². The van der Waals surface area contributed by atoms with Crippen LogP contribution in [0.1, 0.15) is 43.1 Å². The minimum absolute atomic E-state index is 0.0708. The number of unbranched alkanes of at least 4 members (excludes halogenated alkanes) is 1. The number of ether oxygens (including phenoxy) is 4. The second-order valence-electron chi connectivity index (χ2n) is 11.4. The average Bonchev–Trinajstić information content (AvgIpc) is 3.66. The molecule has 232 valence electrons. The summed E-state index contributed by atoms with van der Waals surface area (Å²) in [6.07, 6.45) is -0.890. The molecule has 4 saturated heterocycles. The van der Waals surface area contributed by atoms with E-state index in [1.165, 1.54) is 0 Å². The molecule has 1 aromatic carbocycles. The number of hydrogen-bond donors (Lipinski definition) is 4. The fourth-order valence-electron chi connectivity index (χ4n) is 6.06. The van der Waals surface area contributed by atoms with Crippen molar-refractivity contribution < 1.29 is 48.3 Å². The molecule has 1 aromatic rings. The second kappa shape index (κ2) is 12.9. The van der Waals surface area contributed by atoms with Crippen molar-refractivity contribution in [3.63, 3.8) is 0 Å². The Hall–Kier alpha value is -3.01. The number of carbonyl (C=O) groups excluding carboxylic acids is 4. The Morgan fingerprint density at radius 1 is 1.02 bits per heavy atom. The van der Waals surface area contributed by atoms with Crippen molar-refractivity contribution >= 4 is 35.6 Å². The third kappa shape index (κ3) is 6.59. The Morgan fingerprint density at radius 2 is 1.79 bits per heavy atom. The van der Waals surface area contributed by atoms with E-state index in [1.54, 1.807) is 24.3 Å². The number of amides is 4. The lowest BCUT2D eigenvalue weighted by molar-refractivity contribution is -0.328. The van der Waals surface area contributed by atoms with Crippen LogP contribution in [-0.2, 0) is 39.9 Å². The van der Waals surface area contributed by atoms with Gasteiger partial charge in [-0.15, -0.1) is 0 Å². The zero-order valence-corrected chi connectivity index (χ0v) is 24.1. The fourth-order valence-corrected chi connectivity index (χ4v) is 7.61. The highest BCUT2D eigenvalue weighted by Gasteiger charge is 2.50. The molecule has 0 saturated carbocycles. The van der Waals surface area contributed by atoms with E-state index in [-0.39, 0.29) is 43.8 Å². The topological polar surface area (TPSA) is 173 Å². The highest BCUT2D eigenvalue weighted by atomic mass is 32.2. The number of nitrogens with one attached hydrogen (secondary N) is 2. The normalized spacial score (nSPS) is 35.0. The standard InChI is InChI=1S/C29H35N3O10S/c33-21-9-10-22(34)32(21)11-18-25(36)26(37)27-19(41-18)13-40-28(42-27)16-7-5-15(6-8-16)12-39-23(35)4-2-1-3-20-24-17(14-43-20)30-29(38)31-24/h5-10,17-20,24-28,36-37H,1-4,11-14H2,(H2,30,31,38)/t17-,18-,19+,20-,24-,25-,26+,27?,28?/m0/s1/i9+1,10+1,13+1,18+1,19+1,25+1,26+1,27+1. The summed E-state index contributed by atoms with van der Waals surface area (Å²) in [6.45, 7) is 0.00985. The van der Waals surface area contributed by atoms with E-state index in [0.29, 0.717) is 17.2 Å². The van der Waals surface area contributed by atoms with Gasteiger partial charge in [0.15, 0.2) is 6.29 Å². The van der Waals surface area contributed by atoms with Crippen LogP contribution in [0.3, 0.4) is 0 Å². The molecule has 14 heteroatoms. The lowest BCUT2D eigenvalue weighted by atomic mass is 10.0. The number of esters is 1. The minimum atomic E-state index is -1.38. The van der Waals surface area contributed by atoms with Crippen LogP contribution in [0.15, 0.2) is 36.4 Å². The molecule has 0 spiro atoms. The summed E-state index contributed by atoms with van der Waals surface area (Å²) < 4.78 is 23.1. The monoisotopic (exact) mass is 625 g/mol. The number of benzene rings is 1. The van der Waals surface area contributed by atoms with E-state index in [1.807, 2.05) is 11.8 Å². The summed E-state index contributed by atoms with van der Waals surface area (Å²) in [6, 6.07) is 7.44. The average molecular weight is 626 g/mol. The van der Waals surface area contributed by atoms with Crippen molar-refractivity contribution in [1.29, 1.82) is 0 Å². The molecule has 13 nitrogen and oxygen atoms in total. The van der Waals surface area contributed by atoms with Crippen LogP contribution >= 0.6 is 11.8 Å². The minimum Gasteiger partial charge on any atom is -0.461 e. The highest BCUT2D eigenvalue weighted by Crippen LogP contribution is 2.35. The lowest BCUT2D eigenvalue weighted by Gasteiger charge is -2.47. The summed E-state index contributed by atoms with van der Waals surface area (Å²) in [7, 11) is 0. The first-order valence-electron chi connectivity index (χ1n) is 14.5. The number of imide groups is 1. The maximum Gasteiger partial charge on any atom is 0.315 e. The molecule has 0 bridgehead atoms. The van der Waals surface area contributed by atoms with E-state index < -0.39 is 48.6 Å². The summed E-state index contributed by atoms with van der Waals surface area (Å²) in [5.41, 5.74) is 1.47. The molecule has 4 amide bonds. The number of nitrogens with zero attached hydrogens (tertiary/aromatic N) is 1. The van der Waals surface area contributed by atoms with E-state index in [4.69, 9.17) is 18.9 Å². The largest absolute Gasteiger partial charge is 0.461 e. The van der Waals surface area contributed by atoms with Crippen LogP contribution in [0.2, 0.25) is 0 Å². The van der Waals surface area contributed by atoms with E-state index in [2.05, 4.69) is 10.6 Å². The molecule has 9 atom stereocenters. The Labute approximate surface area is 252 Å². The Balaban J connectivity index is 0.920. The number of fused-ring (bicyclic) bond motifs is 2. The zero-order valence-electron chi connectivity index (χ0n) is 23.3. The highest BCUT2D eigenvalue weighted by molar-refractivity contribution is 8.00. The Bertz CT molecular complexity index is 1240. The first kappa shape index (κ1) is 30.0.